The Labute approximate surface area is 254 Å². The summed E-state index contributed by atoms with van der Waals surface area (Å²) in [5, 5.41) is 0. The van der Waals surface area contributed by atoms with Gasteiger partial charge in [-0.15, -0.1) is 0 Å². The van der Waals surface area contributed by atoms with Gasteiger partial charge in [0.05, 0.1) is 0 Å². The second-order valence-corrected chi connectivity index (χ2v) is 98.3. The van der Waals surface area contributed by atoms with Crippen LogP contribution >= 0.6 is 0 Å². The molecule has 0 N–H and O–H groups in total. The molecule has 0 unspecified atom stereocenters. The Bertz CT molecular complexity index is 996. The van der Waals surface area contributed by atoms with Crippen molar-refractivity contribution in [3.8, 4) is 0 Å². The minimum absolute atomic E-state index is 0. The molecule has 196 valence electrons. The third-order valence-corrected chi connectivity index (χ3v) is 97.8. The van der Waals surface area contributed by atoms with Crippen LogP contribution in [0.25, 0.3) is 0 Å². The zero-order chi connectivity index (χ0) is 25.2. The molecule has 0 heterocycles. The number of hydrogen-bond acceptors (Lipinski definition) is 0. The molecule has 0 saturated carbocycles. The minimum Gasteiger partial charge on any atom is -1.00 e. The Hall–Kier alpha value is 1.33. The smallest absolute Gasteiger partial charge is 1.00 e. The Balaban J connectivity index is 0.000000341. The quantitative estimate of drug-likeness (QED) is 0.360. The van der Waals surface area contributed by atoms with Crippen LogP contribution in [0.2, 0.25) is 23.0 Å². The van der Waals surface area contributed by atoms with E-state index >= 15 is 0 Å². The maximum Gasteiger partial charge on any atom is -1.00 e. The van der Waals surface area contributed by atoms with Crippen LogP contribution in [-0.4, -0.2) is 21.3 Å². The Morgan fingerprint density at radius 3 is 1.06 bits per heavy atom. The van der Waals surface area contributed by atoms with Crippen molar-refractivity contribution in [3.63, 3.8) is 0 Å². The first kappa shape index (κ1) is 35.4. The van der Waals surface area contributed by atoms with Gasteiger partial charge in [-0.1, -0.05) is 0 Å². The van der Waals surface area contributed by atoms with Gasteiger partial charge in [0.15, 0.2) is 0 Å². The zero-order valence-electron chi connectivity index (χ0n) is 24.2. The van der Waals surface area contributed by atoms with E-state index in [1.807, 2.05) is 13.3 Å². The molecule has 0 aromatic carbocycles. The van der Waals surface area contributed by atoms with Crippen molar-refractivity contribution in [1.29, 1.82) is 0 Å². The summed E-state index contributed by atoms with van der Waals surface area (Å²) in [6, 6.07) is 0. The van der Waals surface area contributed by atoms with Gasteiger partial charge in [0.1, 0.15) is 0 Å². The molecule has 0 saturated heterocycles. The van der Waals surface area contributed by atoms with Crippen LogP contribution in [0, 0.1) is 0 Å². The summed E-state index contributed by atoms with van der Waals surface area (Å²) in [6.45, 7) is 14.0. The van der Waals surface area contributed by atoms with Gasteiger partial charge in [0, 0.05) is 0 Å². The number of halogens is 2. The molecular formula is C30H46Cl2Ge2Hf2. The standard InChI is InChI=1S/2C7H9.2C6H7.2C2H7Ge.2ClH.2Hf/c2*1-6-4-3-5-7(6)2;2*1-6-4-2-3-5-6;2*1-3-2;;;;/h2*4H,3H2,1-2H3;2*2,4H,3H2,1H3;2*3H,1-2H3;2*1H;;/q;;;;;;;;2*+1/p-2. The molecule has 4 aliphatic carbocycles. The van der Waals surface area contributed by atoms with Crippen LogP contribution in [0.1, 0.15) is 67.2 Å². The predicted molar refractivity (Wildman–Crippen MR) is 153 cm³/mol. The normalized spacial score (nSPS) is 18.7. The average Bonchev–Trinajstić information content (AvgIpc) is 3.53. The van der Waals surface area contributed by atoms with Crippen LogP contribution in [0.15, 0.2) is 83.2 Å². The van der Waals surface area contributed by atoms with Gasteiger partial charge in [-0.2, -0.15) is 0 Å². The van der Waals surface area contributed by atoms with Gasteiger partial charge in [0.2, 0.25) is 0 Å². The fourth-order valence-corrected chi connectivity index (χ4v) is 102. The molecule has 4 aliphatic rings. The third-order valence-electron chi connectivity index (χ3n) is 8.10. The van der Waals surface area contributed by atoms with E-state index in [-0.39, 0.29) is 24.8 Å². The van der Waals surface area contributed by atoms with E-state index in [2.05, 4.69) is 101 Å². The monoisotopic (exact) mass is 984 g/mol. The molecule has 0 amide bonds. The van der Waals surface area contributed by atoms with E-state index in [0.29, 0.717) is 0 Å². The molecule has 0 aromatic heterocycles. The van der Waals surface area contributed by atoms with E-state index in [0.717, 1.165) is 0 Å². The second kappa shape index (κ2) is 15.9. The summed E-state index contributed by atoms with van der Waals surface area (Å²) in [6.07, 6.45) is 19.7. The molecule has 4 rings (SSSR count). The molecule has 0 bridgehead atoms. The first-order valence-electron chi connectivity index (χ1n) is 13.3. The molecule has 0 aromatic rings. The van der Waals surface area contributed by atoms with Crippen LogP contribution in [-0.2, 0) is 37.9 Å². The molecule has 0 fully saturated rings. The molecule has 0 aliphatic heterocycles. The van der Waals surface area contributed by atoms with Crippen LogP contribution < -0.4 is 24.8 Å². The fraction of sp³-hybridized carbons (Fsp3) is 0.467. The summed E-state index contributed by atoms with van der Waals surface area (Å²) in [5.74, 6) is 10.6. The zero-order valence-corrected chi connectivity index (χ0v) is 37.7. The topological polar surface area (TPSA) is 0 Å². The van der Waals surface area contributed by atoms with Gasteiger partial charge in [-0.05, 0) is 0 Å². The SMILES string of the molecule is CC1=CC[C]([Hf+]([C]2=C(C)C=CC2)[GeH]([CH3])[CH3])=C1C.CC1=CC[C]([Hf+]([C]2=C(C)C=CC2)[GeH]([CH3])[CH3])=C1C.[Cl-].[Cl-]. The van der Waals surface area contributed by atoms with Gasteiger partial charge in [0.25, 0.3) is 0 Å². The second-order valence-electron chi connectivity index (χ2n) is 11.1. The van der Waals surface area contributed by atoms with Crippen LogP contribution in [0.4, 0.5) is 0 Å². The first-order valence-corrected chi connectivity index (χ1v) is 54.1. The van der Waals surface area contributed by atoms with E-state index in [1.54, 1.807) is 33.4 Å². The van der Waals surface area contributed by atoms with Gasteiger partial charge in [-0.25, -0.2) is 0 Å². The largest absolute Gasteiger partial charge is 1.00 e. The van der Waals surface area contributed by atoms with E-state index in [9.17, 15) is 0 Å². The Morgan fingerprint density at radius 1 is 0.528 bits per heavy atom. The van der Waals surface area contributed by atoms with Crippen molar-refractivity contribution in [2.24, 2.45) is 0 Å². The molecular weight excluding hydrogens is 933 g/mol. The molecule has 6 heteroatoms. The maximum atomic E-state index is 2.64. The molecule has 0 radical (unpaired) electrons. The van der Waals surface area contributed by atoms with Crippen molar-refractivity contribution >= 4 is 21.3 Å². The summed E-state index contributed by atoms with van der Waals surface area (Å²) in [7, 11) is -1.91. The van der Waals surface area contributed by atoms with Gasteiger partial charge >= 0.3 is 233 Å². The van der Waals surface area contributed by atoms with Crippen molar-refractivity contribution in [2.45, 2.75) is 90.3 Å². The van der Waals surface area contributed by atoms with Gasteiger partial charge in [-0.3, -0.25) is 0 Å². The van der Waals surface area contributed by atoms with Gasteiger partial charge < -0.3 is 24.8 Å². The van der Waals surface area contributed by atoms with Crippen molar-refractivity contribution in [1.82, 2.24) is 0 Å². The Kier molecular flexibility index (Phi) is 15.7. The summed E-state index contributed by atoms with van der Waals surface area (Å²) in [4.78, 5) is 0. The number of allylic oxidation sites excluding steroid dienone is 16. The van der Waals surface area contributed by atoms with Crippen molar-refractivity contribution in [3.05, 3.63) is 83.2 Å². The van der Waals surface area contributed by atoms with E-state index in [1.165, 1.54) is 25.7 Å². The Morgan fingerprint density at radius 2 is 0.861 bits per heavy atom. The summed E-state index contributed by atoms with van der Waals surface area (Å²) >= 11 is -3.15. The van der Waals surface area contributed by atoms with Crippen molar-refractivity contribution < 1.29 is 62.7 Å². The number of rotatable bonds is 6. The van der Waals surface area contributed by atoms with Crippen LogP contribution in [0.3, 0.4) is 0 Å². The third kappa shape index (κ3) is 8.18. The predicted octanol–water partition coefficient (Wildman–Crippen LogP) is 2.90. The minimum atomic E-state index is -1.57. The average molecular weight is 980 g/mol. The van der Waals surface area contributed by atoms with Crippen LogP contribution in [0.5, 0.6) is 0 Å². The fourth-order valence-electron chi connectivity index (χ4n) is 5.86. The summed E-state index contributed by atoms with van der Waals surface area (Å²) < 4.78 is 7.81. The summed E-state index contributed by atoms with van der Waals surface area (Å²) in [5.41, 5.74) is 9.76. The maximum absolute atomic E-state index is 2.64. The number of hydrogen-bond donors (Lipinski definition) is 0. The van der Waals surface area contributed by atoms with Crippen molar-refractivity contribution in [2.75, 3.05) is 0 Å². The molecule has 36 heavy (non-hydrogen) atoms. The van der Waals surface area contributed by atoms with E-state index < -0.39 is 59.2 Å². The first-order chi connectivity index (χ1) is 16.0. The molecule has 0 spiro atoms. The molecule has 0 atom stereocenters. The van der Waals surface area contributed by atoms with E-state index in [4.69, 9.17) is 0 Å². The molecule has 0 nitrogen and oxygen atoms in total.